The second-order valence-electron chi connectivity index (χ2n) is 6.92. The number of aromatic hydroxyl groups is 1. The Labute approximate surface area is 184 Å². The first kappa shape index (κ1) is 24.5. The van der Waals surface area contributed by atoms with Gasteiger partial charge in [0.25, 0.3) is 5.91 Å². The quantitative estimate of drug-likeness (QED) is 0.276. The summed E-state index contributed by atoms with van der Waals surface area (Å²) in [4.78, 5) is 35.6. The molecule has 0 aliphatic carbocycles. The van der Waals surface area contributed by atoms with Crippen molar-refractivity contribution in [2.24, 2.45) is 0 Å². The second kappa shape index (κ2) is 10.0. The Hall–Kier alpha value is -3.80. The summed E-state index contributed by atoms with van der Waals surface area (Å²) in [6.45, 7) is 5.84. The monoisotopic (exact) mass is 465 g/mol. The highest BCUT2D eigenvalue weighted by atomic mass is 32.2. The van der Waals surface area contributed by atoms with Crippen LogP contribution in [0.4, 0.5) is 16.2 Å². The van der Waals surface area contributed by atoms with Crippen LogP contribution in [0.25, 0.3) is 0 Å². The van der Waals surface area contributed by atoms with E-state index >= 15 is 0 Å². The first-order chi connectivity index (χ1) is 14.9. The minimum Gasteiger partial charge on any atom is -0.505 e. The third kappa shape index (κ3) is 6.87. The zero-order valence-corrected chi connectivity index (χ0v) is 18.6. The molecule has 12 heteroatoms. The summed E-state index contributed by atoms with van der Waals surface area (Å²) >= 11 is 0. The Kier molecular flexibility index (Phi) is 7.65. The van der Waals surface area contributed by atoms with Gasteiger partial charge >= 0.3 is 16.4 Å². The van der Waals surface area contributed by atoms with Gasteiger partial charge in [0.1, 0.15) is 11.5 Å². The van der Waals surface area contributed by atoms with Gasteiger partial charge in [0.05, 0.1) is 23.0 Å². The van der Waals surface area contributed by atoms with Crippen molar-refractivity contribution in [3.05, 3.63) is 47.5 Å². The standard InChI is InChI=1S/C20H23N3O8S/c1-11(2)30-20(27)31-14-9-12(3)18(25)17(10-14)21-19(26)15-7-5-6-8-16(15)23-32(28,29)22-13(4)24/h5-11,23,25H,1-4H3,(H,21,26)(H,22,24). The number of ether oxygens (including phenoxy) is 2. The molecule has 0 heterocycles. The van der Waals surface area contributed by atoms with Crippen molar-refractivity contribution in [1.29, 1.82) is 0 Å². The molecule has 0 saturated carbocycles. The minimum absolute atomic E-state index is 0.0147. The minimum atomic E-state index is -4.26. The van der Waals surface area contributed by atoms with Gasteiger partial charge in [-0.1, -0.05) is 12.1 Å². The van der Waals surface area contributed by atoms with E-state index in [1.54, 1.807) is 18.6 Å². The fourth-order valence-corrected chi connectivity index (χ4v) is 3.43. The molecule has 0 aromatic heterocycles. The number of amides is 2. The lowest BCUT2D eigenvalue weighted by molar-refractivity contribution is -0.117. The molecule has 0 aliphatic rings. The molecule has 0 unspecified atom stereocenters. The van der Waals surface area contributed by atoms with E-state index in [1.165, 1.54) is 43.3 Å². The highest BCUT2D eigenvalue weighted by Gasteiger charge is 2.20. The van der Waals surface area contributed by atoms with Crippen molar-refractivity contribution < 1.29 is 37.4 Å². The lowest BCUT2D eigenvalue weighted by atomic mass is 10.1. The maximum atomic E-state index is 12.8. The Morgan fingerprint density at radius 2 is 1.72 bits per heavy atom. The number of phenols is 1. The zero-order valence-electron chi connectivity index (χ0n) is 17.8. The van der Waals surface area contributed by atoms with Crippen LogP contribution in [0.15, 0.2) is 36.4 Å². The first-order valence-electron chi connectivity index (χ1n) is 9.31. The normalized spacial score (nSPS) is 10.9. The molecule has 0 saturated heterocycles. The molecular formula is C20H23N3O8S. The predicted molar refractivity (Wildman–Crippen MR) is 116 cm³/mol. The van der Waals surface area contributed by atoms with E-state index in [0.717, 1.165) is 6.92 Å². The molecule has 172 valence electrons. The Morgan fingerprint density at radius 1 is 1.06 bits per heavy atom. The number of anilines is 2. The molecule has 2 rings (SSSR count). The average molecular weight is 465 g/mol. The van der Waals surface area contributed by atoms with E-state index in [1.807, 2.05) is 0 Å². The molecular weight excluding hydrogens is 442 g/mol. The molecule has 0 bridgehead atoms. The van der Waals surface area contributed by atoms with Crippen LogP contribution in [0.5, 0.6) is 11.5 Å². The van der Waals surface area contributed by atoms with Gasteiger partial charge in [-0.25, -0.2) is 9.52 Å². The number of carbonyl (C=O) groups excluding carboxylic acids is 3. The molecule has 2 amide bonds. The van der Waals surface area contributed by atoms with Crippen LogP contribution in [0.3, 0.4) is 0 Å². The third-order valence-corrected chi connectivity index (χ3v) is 4.79. The van der Waals surface area contributed by atoms with Crippen LogP contribution >= 0.6 is 0 Å². The van der Waals surface area contributed by atoms with E-state index in [-0.39, 0.29) is 28.4 Å². The predicted octanol–water partition coefficient (Wildman–Crippen LogP) is 2.67. The first-order valence-corrected chi connectivity index (χ1v) is 10.8. The lowest BCUT2D eigenvalue weighted by Gasteiger charge is -2.15. The van der Waals surface area contributed by atoms with Gasteiger partial charge in [-0.3, -0.25) is 14.3 Å². The number of nitrogens with one attached hydrogen (secondary N) is 3. The smallest absolute Gasteiger partial charge is 0.505 e. The molecule has 2 aromatic rings. The van der Waals surface area contributed by atoms with Crippen LogP contribution in [0.1, 0.15) is 36.7 Å². The number of carbonyl (C=O) groups is 3. The third-order valence-electron chi connectivity index (χ3n) is 3.75. The van der Waals surface area contributed by atoms with Crippen LogP contribution in [-0.4, -0.2) is 37.6 Å². The van der Waals surface area contributed by atoms with Crippen LogP contribution in [0.2, 0.25) is 0 Å². The molecule has 4 N–H and O–H groups in total. The zero-order chi connectivity index (χ0) is 24.1. The summed E-state index contributed by atoms with van der Waals surface area (Å²) in [6.07, 6.45) is -1.36. The Balaban J connectivity index is 2.30. The van der Waals surface area contributed by atoms with Gasteiger partial charge < -0.3 is 19.9 Å². The number of para-hydroxylation sites is 1. The molecule has 0 fully saturated rings. The maximum absolute atomic E-state index is 12.8. The second-order valence-corrected chi connectivity index (χ2v) is 8.33. The van der Waals surface area contributed by atoms with Crippen molar-refractivity contribution in [1.82, 2.24) is 4.72 Å². The Morgan fingerprint density at radius 3 is 2.34 bits per heavy atom. The van der Waals surface area contributed by atoms with Crippen molar-refractivity contribution in [2.45, 2.75) is 33.8 Å². The van der Waals surface area contributed by atoms with Crippen LogP contribution in [-0.2, 0) is 19.7 Å². The molecule has 11 nitrogen and oxygen atoms in total. The fraction of sp³-hybridized carbons (Fsp3) is 0.250. The van der Waals surface area contributed by atoms with Crippen molar-refractivity contribution in [3.63, 3.8) is 0 Å². The van der Waals surface area contributed by atoms with Crippen LogP contribution < -0.4 is 19.5 Å². The van der Waals surface area contributed by atoms with Gasteiger partial charge in [0.15, 0.2) is 0 Å². The average Bonchev–Trinajstić information content (AvgIpc) is 2.63. The van der Waals surface area contributed by atoms with Crippen molar-refractivity contribution in [3.8, 4) is 11.5 Å². The number of phenolic OH excluding ortho intramolecular Hbond substituents is 1. The number of benzene rings is 2. The van der Waals surface area contributed by atoms with Gasteiger partial charge in [0, 0.05) is 13.0 Å². The lowest BCUT2D eigenvalue weighted by Crippen LogP contribution is -2.34. The molecule has 0 radical (unpaired) electrons. The van der Waals surface area contributed by atoms with Crippen molar-refractivity contribution >= 4 is 39.6 Å². The summed E-state index contributed by atoms with van der Waals surface area (Å²) < 4.78 is 37.8. The Bertz CT molecular complexity index is 1150. The van der Waals surface area contributed by atoms with Gasteiger partial charge in [-0.2, -0.15) is 8.42 Å². The highest BCUT2D eigenvalue weighted by molar-refractivity contribution is 7.91. The van der Waals surface area contributed by atoms with Gasteiger partial charge in [-0.15, -0.1) is 0 Å². The molecule has 0 atom stereocenters. The number of hydrogen-bond acceptors (Lipinski definition) is 8. The summed E-state index contributed by atoms with van der Waals surface area (Å²) in [5.41, 5.74) is 0.0172. The van der Waals surface area contributed by atoms with E-state index in [0.29, 0.717) is 5.56 Å². The summed E-state index contributed by atoms with van der Waals surface area (Å²) in [6, 6.07) is 8.23. The SMILES string of the molecule is CC(=O)NS(=O)(=O)Nc1ccccc1C(=O)Nc1cc(OC(=O)OC(C)C)cc(C)c1O. The molecule has 0 aliphatic heterocycles. The number of aryl methyl sites for hydroxylation is 1. The maximum Gasteiger partial charge on any atom is 0.514 e. The topological polar surface area (TPSA) is 160 Å². The van der Waals surface area contributed by atoms with Gasteiger partial charge in [0.2, 0.25) is 5.91 Å². The fourth-order valence-electron chi connectivity index (χ4n) is 2.53. The largest absolute Gasteiger partial charge is 0.514 e. The summed E-state index contributed by atoms with van der Waals surface area (Å²) in [5.74, 6) is -1.85. The molecule has 32 heavy (non-hydrogen) atoms. The van der Waals surface area contributed by atoms with E-state index in [4.69, 9.17) is 9.47 Å². The molecule has 0 spiro atoms. The van der Waals surface area contributed by atoms with E-state index in [2.05, 4.69) is 10.0 Å². The summed E-state index contributed by atoms with van der Waals surface area (Å²) in [5, 5.41) is 12.8. The molecule has 2 aromatic carbocycles. The van der Waals surface area contributed by atoms with E-state index < -0.39 is 34.3 Å². The van der Waals surface area contributed by atoms with Gasteiger partial charge in [-0.05, 0) is 44.5 Å². The summed E-state index contributed by atoms with van der Waals surface area (Å²) in [7, 11) is -4.26. The van der Waals surface area contributed by atoms with Crippen LogP contribution in [0, 0.1) is 6.92 Å². The van der Waals surface area contributed by atoms with E-state index in [9.17, 15) is 27.9 Å². The highest BCUT2D eigenvalue weighted by Crippen LogP contribution is 2.33. The number of hydrogen-bond donors (Lipinski definition) is 4. The van der Waals surface area contributed by atoms with Crippen molar-refractivity contribution in [2.75, 3.05) is 10.0 Å². The number of rotatable bonds is 7.